The SMILES string of the molecule is CC1(C)c2cc(-c3c4ccccc4c(-c4cccc5ccccc45)c4ccccc34)ccc2-c2ccc3c(oc4ccc5ccccc5c43)c21. The molecule has 1 heteroatoms. The molecular weight excluding hydrogens is 605 g/mol. The topological polar surface area (TPSA) is 13.1 Å². The van der Waals surface area contributed by atoms with Crippen LogP contribution in [0.25, 0.3) is 98.4 Å². The van der Waals surface area contributed by atoms with Crippen LogP contribution in [0.2, 0.25) is 0 Å². The third kappa shape index (κ3) is 3.62. The first-order valence-electron chi connectivity index (χ1n) is 17.5. The molecule has 0 atom stereocenters. The first kappa shape index (κ1) is 27.7. The van der Waals surface area contributed by atoms with E-state index in [1.807, 2.05) is 0 Å². The van der Waals surface area contributed by atoms with Gasteiger partial charge in [0.05, 0.1) is 0 Å². The van der Waals surface area contributed by atoms with Gasteiger partial charge in [0.15, 0.2) is 0 Å². The maximum atomic E-state index is 6.79. The van der Waals surface area contributed by atoms with Crippen LogP contribution in [0.15, 0.2) is 162 Å². The third-order valence-electron chi connectivity index (χ3n) is 11.4. The minimum atomic E-state index is -0.252. The molecule has 234 valence electrons. The molecule has 0 bridgehead atoms. The van der Waals surface area contributed by atoms with E-state index in [4.69, 9.17) is 4.42 Å². The summed E-state index contributed by atoms with van der Waals surface area (Å²) in [5.41, 5.74) is 12.0. The van der Waals surface area contributed by atoms with Crippen molar-refractivity contribution in [2.75, 3.05) is 0 Å². The molecule has 1 aliphatic rings. The summed E-state index contributed by atoms with van der Waals surface area (Å²) in [4.78, 5) is 0. The summed E-state index contributed by atoms with van der Waals surface area (Å²) in [6.45, 7) is 4.73. The largest absolute Gasteiger partial charge is 0.456 e. The molecule has 1 heterocycles. The first-order chi connectivity index (χ1) is 24.6. The summed E-state index contributed by atoms with van der Waals surface area (Å²) in [5.74, 6) is 0. The zero-order chi connectivity index (χ0) is 33.1. The number of rotatable bonds is 2. The fourth-order valence-corrected chi connectivity index (χ4v) is 9.21. The van der Waals surface area contributed by atoms with Gasteiger partial charge < -0.3 is 4.42 Å². The van der Waals surface area contributed by atoms with Crippen LogP contribution in [-0.2, 0) is 5.41 Å². The van der Waals surface area contributed by atoms with E-state index in [1.54, 1.807) is 0 Å². The van der Waals surface area contributed by atoms with Gasteiger partial charge in [-0.15, -0.1) is 0 Å². The molecule has 1 aliphatic carbocycles. The van der Waals surface area contributed by atoms with Crippen molar-refractivity contribution < 1.29 is 4.42 Å². The minimum absolute atomic E-state index is 0.252. The molecule has 0 radical (unpaired) electrons. The lowest BCUT2D eigenvalue weighted by molar-refractivity contribution is 0.620. The van der Waals surface area contributed by atoms with Crippen LogP contribution in [-0.4, -0.2) is 0 Å². The maximum absolute atomic E-state index is 6.79. The van der Waals surface area contributed by atoms with Gasteiger partial charge in [0.1, 0.15) is 11.2 Å². The number of hydrogen-bond donors (Lipinski definition) is 0. The Morgan fingerprint density at radius 1 is 0.420 bits per heavy atom. The average molecular weight is 637 g/mol. The van der Waals surface area contributed by atoms with Crippen LogP contribution in [0.3, 0.4) is 0 Å². The van der Waals surface area contributed by atoms with Crippen LogP contribution in [0.4, 0.5) is 0 Å². The standard InChI is InChI=1S/C49H32O/c1-49(2)42-28-31(22-24-34(42)40-25-26-41-46-33-16-6-4-13-30(33)23-27-43(46)50-48(41)47(40)49)44-36-17-7-9-19-38(36)45(39-20-10-8-18-37(39)44)35-21-11-14-29-12-3-5-15-32(29)35/h3-28H,1-2H3. The Labute approximate surface area is 290 Å². The van der Waals surface area contributed by atoms with Crippen LogP contribution in [0.5, 0.6) is 0 Å². The number of hydrogen-bond acceptors (Lipinski definition) is 1. The lowest BCUT2D eigenvalue weighted by atomic mass is 9.80. The highest BCUT2D eigenvalue weighted by Gasteiger charge is 2.39. The second-order valence-electron chi connectivity index (χ2n) is 14.4. The Balaban J connectivity index is 1.16. The summed E-state index contributed by atoms with van der Waals surface area (Å²) in [6.07, 6.45) is 0. The highest BCUT2D eigenvalue weighted by molar-refractivity contribution is 6.24. The second-order valence-corrected chi connectivity index (χ2v) is 14.4. The smallest absolute Gasteiger partial charge is 0.140 e. The summed E-state index contributed by atoms with van der Waals surface area (Å²) in [6, 6.07) is 58.1. The molecule has 10 aromatic rings. The highest BCUT2D eigenvalue weighted by Crippen LogP contribution is 2.54. The quantitative estimate of drug-likeness (QED) is 0.172. The van der Waals surface area contributed by atoms with E-state index in [9.17, 15) is 0 Å². The van der Waals surface area contributed by atoms with Crippen molar-refractivity contribution in [1.82, 2.24) is 0 Å². The van der Waals surface area contributed by atoms with Gasteiger partial charge in [0.2, 0.25) is 0 Å². The summed E-state index contributed by atoms with van der Waals surface area (Å²) in [7, 11) is 0. The fraction of sp³-hybridized carbons (Fsp3) is 0.0612. The molecule has 0 unspecified atom stereocenters. The summed E-state index contributed by atoms with van der Waals surface area (Å²) < 4.78 is 6.79. The van der Waals surface area contributed by atoms with E-state index in [0.717, 1.165) is 11.2 Å². The third-order valence-corrected chi connectivity index (χ3v) is 11.4. The van der Waals surface area contributed by atoms with Gasteiger partial charge in [-0.2, -0.15) is 0 Å². The van der Waals surface area contributed by atoms with E-state index >= 15 is 0 Å². The molecule has 0 aliphatic heterocycles. The number of furan rings is 1. The van der Waals surface area contributed by atoms with Gasteiger partial charge >= 0.3 is 0 Å². The minimum Gasteiger partial charge on any atom is -0.456 e. The van der Waals surface area contributed by atoms with Gasteiger partial charge in [0.25, 0.3) is 0 Å². The Morgan fingerprint density at radius 2 is 1.00 bits per heavy atom. The lowest BCUT2D eigenvalue weighted by Gasteiger charge is -2.23. The lowest BCUT2D eigenvalue weighted by Crippen LogP contribution is -2.15. The molecule has 0 spiro atoms. The molecule has 0 saturated carbocycles. The van der Waals surface area contributed by atoms with Crippen LogP contribution in [0, 0.1) is 0 Å². The van der Waals surface area contributed by atoms with Gasteiger partial charge in [-0.3, -0.25) is 0 Å². The predicted octanol–water partition coefficient (Wildman–Crippen LogP) is 13.8. The Hall–Kier alpha value is -6.18. The van der Waals surface area contributed by atoms with Crippen molar-refractivity contribution in [3.8, 4) is 33.4 Å². The van der Waals surface area contributed by atoms with Crippen molar-refractivity contribution in [2.45, 2.75) is 19.3 Å². The van der Waals surface area contributed by atoms with Gasteiger partial charge in [-0.1, -0.05) is 153 Å². The molecular formula is C49H32O. The zero-order valence-electron chi connectivity index (χ0n) is 27.9. The Bertz CT molecular complexity index is 3000. The van der Waals surface area contributed by atoms with Crippen LogP contribution in [0.1, 0.15) is 25.0 Å². The van der Waals surface area contributed by atoms with E-state index in [2.05, 4.69) is 172 Å². The monoisotopic (exact) mass is 636 g/mol. The predicted molar refractivity (Wildman–Crippen MR) is 212 cm³/mol. The van der Waals surface area contributed by atoms with E-state index < -0.39 is 0 Å². The van der Waals surface area contributed by atoms with Crippen molar-refractivity contribution in [1.29, 1.82) is 0 Å². The molecule has 1 aromatic heterocycles. The second kappa shape index (κ2) is 9.94. The Kier molecular flexibility index (Phi) is 5.51. The molecule has 0 amide bonds. The van der Waals surface area contributed by atoms with Crippen molar-refractivity contribution in [2.24, 2.45) is 0 Å². The summed E-state index contributed by atoms with van der Waals surface area (Å²) >= 11 is 0. The van der Waals surface area contributed by atoms with Crippen LogP contribution >= 0.6 is 0 Å². The van der Waals surface area contributed by atoms with Gasteiger partial charge in [-0.25, -0.2) is 0 Å². The van der Waals surface area contributed by atoms with Crippen molar-refractivity contribution in [3.05, 3.63) is 169 Å². The normalized spacial score (nSPS) is 13.6. The van der Waals surface area contributed by atoms with E-state index in [-0.39, 0.29) is 5.41 Å². The van der Waals surface area contributed by atoms with Gasteiger partial charge in [0, 0.05) is 21.8 Å². The number of fused-ring (bicyclic) bond motifs is 12. The average Bonchev–Trinajstić information content (AvgIpc) is 3.65. The van der Waals surface area contributed by atoms with E-state index in [1.165, 1.54) is 98.4 Å². The maximum Gasteiger partial charge on any atom is 0.140 e. The Morgan fingerprint density at radius 3 is 1.72 bits per heavy atom. The molecule has 0 fully saturated rings. The number of benzene rings is 9. The molecule has 0 N–H and O–H groups in total. The van der Waals surface area contributed by atoms with Crippen molar-refractivity contribution in [3.63, 3.8) is 0 Å². The van der Waals surface area contributed by atoms with Crippen LogP contribution < -0.4 is 0 Å². The fourth-order valence-electron chi connectivity index (χ4n) is 9.21. The molecule has 1 nitrogen and oxygen atoms in total. The summed E-state index contributed by atoms with van der Waals surface area (Å²) in [5, 5.41) is 12.5. The zero-order valence-corrected chi connectivity index (χ0v) is 27.9. The van der Waals surface area contributed by atoms with Gasteiger partial charge in [-0.05, 0) is 100 Å². The molecule has 11 rings (SSSR count). The van der Waals surface area contributed by atoms with E-state index in [0.29, 0.717) is 0 Å². The molecule has 50 heavy (non-hydrogen) atoms. The first-order valence-corrected chi connectivity index (χ1v) is 17.5. The molecule has 0 saturated heterocycles. The van der Waals surface area contributed by atoms with Crippen molar-refractivity contribution >= 4 is 65.0 Å². The molecule has 9 aromatic carbocycles. The highest BCUT2D eigenvalue weighted by atomic mass is 16.3.